The van der Waals surface area contributed by atoms with Gasteiger partial charge in [0.2, 0.25) is 0 Å². The first kappa shape index (κ1) is 11.5. The van der Waals surface area contributed by atoms with Crippen LogP contribution in [0, 0.1) is 12.7 Å². The summed E-state index contributed by atoms with van der Waals surface area (Å²) in [5.41, 5.74) is 1.89. The monoisotopic (exact) mass is 245 g/mol. The molecule has 2 heterocycles. The van der Waals surface area contributed by atoms with Gasteiger partial charge in [-0.3, -0.25) is 4.90 Å². The minimum absolute atomic E-state index is 0.0670. The Morgan fingerprint density at radius 3 is 2.83 bits per heavy atom. The minimum Gasteiger partial charge on any atom is -0.465 e. The van der Waals surface area contributed by atoms with E-state index in [0.29, 0.717) is 0 Å². The molecule has 3 rings (SSSR count). The first-order valence-corrected chi connectivity index (χ1v) is 6.17. The molecule has 0 N–H and O–H groups in total. The van der Waals surface area contributed by atoms with Crippen LogP contribution in [0.15, 0.2) is 34.7 Å². The van der Waals surface area contributed by atoms with E-state index in [1.807, 2.05) is 32.2 Å². The van der Waals surface area contributed by atoms with Gasteiger partial charge in [-0.2, -0.15) is 0 Å². The number of likely N-dealkylation sites (N-methyl/N-ethyl adjacent to an activating group) is 1. The Morgan fingerprint density at radius 2 is 2.06 bits per heavy atom. The molecule has 0 bridgehead atoms. The van der Waals surface area contributed by atoms with Crippen molar-refractivity contribution >= 4 is 0 Å². The summed E-state index contributed by atoms with van der Waals surface area (Å²) >= 11 is 0. The van der Waals surface area contributed by atoms with Crippen molar-refractivity contribution in [3.05, 3.63) is 58.8 Å². The van der Waals surface area contributed by atoms with Crippen molar-refractivity contribution in [1.29, 1.82) is 0 Å². The Morgan fingerprint density at radius 1 is 1.28 bits per heavy atom. The molecule has 94 valence electrons. The zero-order chi connectivity index (χ0) is 12.7. The van der Waals surface area contributed by atoms with Crippen LogP contribution < -0.4 is 0 Å². The fraction of sp³-hybridized carbons (Fsp3) is 0.333. The molecular formula is C15H16FNO. The van der Waals surface area contributed by atoms with Crippen molar-refractivity contribution in [2.75, 3.05) is 13.6 Å². The molecule has 18 heavy (non-hydrogen) atoms. The van der Waals surface area contributed by atoms with Crippen LogP contribution in [-0.2, 0) is 6.54 Å². The second-order valence-electron chi connectivity index (χ2n) is 5.01. The quantitative estimate of drug-likeness (QED) is 0.766. The standard InChI is InChI=1S/C15H16FNO/c1-10-7-12-13(8-17(2)9-15(12)18-10)11-5-3-4-6-14(11)16/h3-7,13H,8-9H2,1-2H3. The summed E-state index contributed by atoms with van der Waals surface area (Å²) in [4.78, 5) is 2.17. The normalized spacial score (nSPS) is 19.8. The molecule has 1 atom stereocenters. The number of benzene rings is 1. The van der Waals surface area contributed by atoms with Gasteiger partial charge in [0.05, 0.1) is 6.54 Å². The van der Waals surface area contributed by atoms with Crippen LogP contribution in [0.25, 0.3) is 0 Å². The SMILES string of the molecule is Cc1cc2c(o1)CN(C)CC2c1ccccc1F. The Bertz CT molecular complexity index is 576. The van der Waals surface area contributed by atoms with E-state index in [2.05, 4.69) is 4.90 Å². The highest BCUT2D eigenvalue weighted by molar-refractivity contribution is 5.38. The topological polar surface area (TPSA) is 16.4 Å². The minimum atomic E-state index is -0.136. The van der Waals surface area contributed by atoms with Crippen molar-refractivity contribution < 1.29 is 8.81 Å². The predicted molar refractivity (Wildman–Crippen MR) is 68.0 cm³/mol. The molecule has 0 saturated carbocycles. The number of rotatable bonds is 1. The molecule has 0 fully saturated rings. The molecule has 1 aromatic carbocycles. The van der Waals surface area contributed by atoms with Crippen LogP contribution in [0.3, 0.4) is 0 Å². The predicted octanol–water partition coefficient (Wildman–Crippen LogP) is 3.30. The molecule has 0 saturated heterocycles. The number of hydrogen-bond acceptors (Lipinski definition) is 2. The number of hydrogen-bond donors (Lipinski definition) is 0. The molecule has 0 amide bonds. The van der Waals surface area contributed by atoms with Gasteiger partial charge in [-0.25, -0.2) is 4.39 Å². The summed E-state index contributed by atoms with van der Waals surface area (Å²) in [6.45, 7) is 3.57. The van der Waals surface area contributed by atoms with Crippen LogP contribution in [-0.4, -0.2) is 18.5 Å². The Kier molecular flexibility index (Phi) is 2.71. The highest BCUT2D eigenvalue weighted by Crippen LogP contribution is 2.35. The molecule has 2 nitrogen and oxygen atoms in total. The number of fused-ring (bicyclic) bond motifs is 1. The maximum Gasteiger partial charge on any atom is 0.127 e. The van der Waals surface area contributed by atoms with E-state index in [-0.39, 0.29) is 11.7 Å². The van der Waals surface area contributed by atoms with Gasteiger partial charge in [-0.15, -0.1) is 0 Å². The molecule has 1 aliphatic rings. The van der Waals surface area contributed by atoms with E-state index < -0.39 is 0 Å². The Balaban J connectivity index is 2.10. The van der Waals surface area contributed by atoms with Crippen molar-refractivity contribution in [1.82, 2.24) is 4.90 Å². The maximum atomic E-state index is 14.0. The van der Waals surface area contributed by atoms with Gasteiger partial charge in [-0.05, 0) is 31.7 Å². The number of aryl methyl sites for hydroxylation is 1. The molecule has 0 radical (unpaired) electrons. The summed E-state index contributed by atoms with van der Waals surface area (Å²) in [6, 6.07) is 9.05. The van der Waals surface area contributed by atoms with Crippen LogP contribution in [0.5, 0.6) is 0 Å². The van der Waals surface area contributed by atoms with Crippen LogP contribution in [0.1, 0.15) is 28.6 Å². The Hall–Kier alpha value is -1.61. The van der Waals surface area contributed by atoms with E-state index in [1.165, 1.54) is 6.07 Å². The van der Waals surface area contributed by atoms with Gasteiger partial charge in [-0.1, -0.05) is 18.2 Å². The van der Waals surface area contributed by atoms with Crippen LogP contribution >= 0.6 is 0 Å². The molecule has 0 spiro atoms. The van der Waals surface area contributed by atoms with Crippen molar-refractivity contribution in [2.45, 2.75) is 19.4 Å². The van der Waals surface area contributed by atoms with Crippen LogP contribution in [0.2, 0.25) is 0 Å². The maximum absolute atomic E-state index is 14.0. The molecule has 1 unspecified atom stereocenters. The average Bonchev–Trinajstić information content (AvgIpc) is 2.69. The van der Waals surface area contributed by atoms with Crippen molar-refractivity contribution in [3.8, 4) is 0 Å². The third kappa shape index (κ3) is 1.85. The lowest BCUT2D eigenvalue weighted by Gasteiger charge is -2.29. The lowest BCUT2D eigenvalue weighted by molar-refractivity contribution is 0.259. The summed E-state index contributed by atoms with van der Waals surface area (Å²) in [5.74, 6) is 1.80. The highest BCUT2D eigenvalue weighted by Gasteiger charge is 2.29. The molecule has 2 aromatic rings. The van der Waals surface area contributed by atoms with Gasteiger partial charge in [0.25, 0.3) is 0 Å². The second-order valence-corrected chi connectivity index (χ2v) is 5.01. The summed E-state index contributed by atoms with van der Waals surface area (Å²) < 4.78 is 19.7. The van der Waals surface area contributed by atoms with E-state index in [1.54, 1.807) is 6.07 Å². The van der Waals surface area contributed by atoms with E-state index >= 15 is 0 Å². The van der Waals surface area contributed by atoms with E-state index in [9.17, 15) is 4.39 Å². The molecule has 1 aliphatic heterocycles. The summed E-state index contributed by atoms with van der Waals surface area (Å²) in [6.07, 6.45) is 0. The lowest BCUT2D eigenvalue weighted by atomic mass is 9.88. The van der Waals surface area contributed by atoms with Crippen LogP contribution in [0.4, 0.5) is 4.39 Å². The van der Waals surface area contributed by atoms with Gasteiger partial charge < -0.3 is 4.42 Å². The number of halogens is 1. The zero-order valence-corrected chi connectivity index (χ0v) is 10.6. The van der Waals surface area contributed by atoms with Gasteiger partial charge >= 0.3 is 0 Å². The summed E-state index contributed by atoms with van der Waals surface area (Å²) in [5, 5.41) is 0. The van der Waals surface area contributed by atoms with Gasteiger partial charge in [0, 0.05) is 18.0 Å². The smallest absolute Gasteiger partial charge is 0.127 e. The highest BCUT2D eigenvalue weighted by atomic mass is 19.1. The fourth-order valence-electron chi connectivity index (χ4n) is 2.74. The first-order chi connectivity index (χ1) is 8.65. The third-order valence-corrected chi connectivity index (χ3v) is 3.53. The van der Waals surface area contributed by atoms with Gasteiger partial charge in [0.1, 0.15) is 17.3 Å². The van der Waals surface area contributed by atoms with Crippen molar-refractivity contribution in [3.63, 3.8) is 0 Å². The first-order valence-electron chi connectivity index (χ1n) is 6.17. The zero-order valence-electron chi connectivity index (χ0n) is 10.6. The molecule has 3 heteroatoms. The third-order valence-electron chi connectivity index (χ3n) is 3.53. The fourth-order valence-corrected chi connectivity index (χ4v) is 2.74. The summed E-state index contributed by atoms with van der Waals surface area (Å²) in [7, 11) is 2.04. The second kappa shape index (κ2) is 4.25. The van der Waals surface area contributed by atoms with E-state index in [4.69, 9.17) is 4.42 Å². The molecule has 0 aliphatic carbocycles. The van der Waals surface area contributed by atoms with Crippen molar-refractivity contribution in [2.24, 2.45) is 0 Å². The van der Waals surface area contributed by atoms with Gasteiger partial charge in [0.15, 0.2) is 0 Å². The average molecular weight is 245 g/mol. The number of nitrogens with zero attached hydrogens (tertiary/aromatic N) is 1. The van der Waals surface area contributed by atoms with E-state index in [0.717, 1.165) is 35.7 Å². The number of furan rings is 1. The molecule has 1 aromatic heterocycles. The Labute approximate surface area is 106 Å². The largest absolute Gasteiger partial charge is 0.465 e. The molecular weight excluding hydrogens is 229 g/mol. The lowest BCUT2D eigenvalue weighted by Crippen LogP contribution is -2.30.